The Hall–Kier alpha value is -0.0400. The van der Waals surface area contributed by atoms with Crippen molar-refractivity contribution in [2.75, 3.05) is 0 Å². The lowest BCUT2D eigenvalue weighted by Gasteiger charge is -2.37. The highest BCUT2D eigenvalue weighted by atomic mass is 15.0. The van der Waals surface area contributed by atoms with Gasteiger partial charge in [-0.3, -0.25) is 0 Å². The van der Waals surface area contributed by atoms with E-state index in [4.69, 9.17) is 0 Å². The Balaban J connectivity index is 1.60. The quantitative estimate of drug-likeness (QED) is 0.759. The Morgan fingerprint density at radius 1 is 0.625 bits per heavy atom. The molecular weight excluding hydrogens is 194 g/mol. The molecule has 0 unspecified atom stereocenters. The van der Waals surface area contributed by atoms with E-state index < -0.39 is 0 Å². The van der Waals surface area contributed by atoms with E-state index in [1.165, 1.54) is 70.6 Å². The van der Waals surface area contributed by atoms with Crippen molar-refractivity contribution >= 4 is 0 Å². The van der Waals surface area contributed by atoms with E-state index in [1.54, 1.807) is 0 Å². The second-order valence-corrected chi connectivity index (χ2v) is 6.41. The summed E-state index contributed by atoms with van der Waals surface area (Å²) in [6.45, 7) is 0. The van der Waals surface area contributed by atoms with Crippen LogP contribution in [0.3, 0.4) is 0 Å². The van der Waals surface area contributed by atoms with Gasteiger partial charge in [-0.1, -0.05) is 32.1 Å². The second-order valence-electron chi connectivity index (χ2n) is 6.41. The molecular formula is C15H27N. The molecule has 1 N–H and O–H groups in total. The molecule has 0 aliphatic heterocycles. The summed E-state index contributed by atoms with van der Waals surface area (Å²) in [5, 5.41) is 4.04. The summed E-state index contributed by atoms with van der Waals surface area (Å²) >= 11 is 0. The van der Waals surface area contributed by atoms with Crippen LogP contribution in [0.2, 0.25) is 0 Å². The molecule has 0 aromatic rings. The third-order valence-electron chi connectivity index (χ3n) is 5.35. The first kappa shape index (κ1) is 11.1. The maximum atomic E-state index is 4.04. The molecule has 0 spiro atoms. The molecule has 0 heterocycles. The van der Waals surface area contributed by atoms with Crippen molar-refractivity contribution in [3.63, 3.8) is 0 Å². The minimum Gasteiger partial charge on any atom is -0.311 e. The van der Waals surface area contributed by atoms with Gasteiger partial charge in [0.2, 0.25) is 0 Å². The van der Waals surface area contributed by atoms with Gasteiger partial charge in [0, 0.05) is 12.1 Å². The zero-order valence-electron chi connectivity index (χ0n) is 10.6. The van der Waals surface area contributed by atoms with Gasteiger partial charge in [-0.05, 0) is 50.4 Å². The van der Waals surface area contributed by atoms with E-state index in [-0.39, 0.29) is 0 Å². The first-order valence-corrected chi connectivity index (χ1v) is 7.69. The molecule has 0 radical (unpaired) electrons. The van der Waals surface area contributed by atoms with Crippen LogP contribution < -0.4 is 5.32 Å². The first-order valence-electron chi connectivity index (χ1n) is 7.69. The third-order valence-corrected chi connectivity index (χ3v) is 5.35. The Morgan fingerprint density at radius 3 is 1.50 bits per heavy atom. The normalized spacial score (nSPS) is 29.1. The Labute approximate surface area is 100 Å². The van der Waals surface area contributed by atoms with Gasteiger partial charge in [0.1, 0.15) is 0 Å². The molecule has 3 fully saturated rings. The van der Waals surface area contributed by atoms with Crippen LogP contribution in [0.25, 0.3) is 0 Å². The van der Waals surface area contributed by atoms with Gasteiger partial charge in [0.05, 0.1) is 0 Å². The SMILES string of the molecule is C1CC(NC(C2CCCC2)C2CCCC2)C1. The largest absolute Gasteiger partial charge is 0.311 e. The second kappa shape index (κ2) is 5.08. The van der Waals surface area contributed by atoms with Crippen LogP contribution in [0.4, 0.5) is 0 Å². The van der Waals surface area contributed by atoms with E-state index in [9.17, 15) is 0 Å². The number of hydrogen-bond acceptors (Lipinski definition) is 1. The highest BCUT2D eigenvalue weighted by Crippen LogP contribution is 2.38. The van der Waals surface area contributed by atoms with Crippen molar-refractivity contribution < 1.29 is 0 Å². The van der Waals surface area contributed by atoms with Crippen LogP contribution in [-0.4, -0.2) is 12.1 Å². The molecule has 3 aliphatic rings. The fourth-order valence-corrected chi connectivity index (χ4v) is 4.14. The molecule has 92 valence electrons. The van der Waals surface area contributed by atoms with Gasteiger partial charge in [-0.2, -0.15) is 0 Å². The predicted molar refractivity (Wildman–Crippen MR) is 68.5 cm³/mol. The molecule has 0 aromatic heterocycles. The molecule has 3 aliphatic carbocycles. The van der Waals surface area contributed by atoms with Gasteiger partial charge in [-0.15, -0.1) is 0 Å². The maximum Gasteiger partial charge on any atom is 0.0126 e. The standard InChI is InChI=1S/C15H27N/c1-2-7-12(6-1)15(13-8-3-4-9-13)16-14-10-5-11-14/h12-16H,1-11H2. The summed E-state index contributed by atoms with van der Waals surface area (Å²) in [5.74, 6) is 2.06. The van der Waals surface area contributed by atoms with Crippen LogP contribution in [-0.2, 0) is 0 Å². The molecule has 3 saturated carbocycles. The maximum absolute atomic E-state index is 4.04. The lowest BCUT2D eigenvalue weighted by molar-refractivity contribution is 0.200. The highest BCUT2D eigenvalue weighted by molar-refractivity contribution is 4.91. The topological polar surface area (TPSA) is 12.0 Å². The molecule has 1 nitrogen and oxygen atoms in total. The van der Waals surface area contributed by atoms with Crippen molar-refractivity contribution in [1.29, 1.82) is 0 Å². The van der Waals surface area contributed by atoms with Crippen molar-refractivity contribution in [3.8, 4) is 0 Å². The monoisotopic (exact) mass is 221 g/mol. The minimum absolute atomic E-state index is 0.895. The summed E-state index contributed by atoms with van der Waals surface area (Å²) in [4.78, 5) is 0. The number of rotatable bonds is 4. The van der Waals surface area contributed by atoms with Crippen molar-refractivity contribution in [1.82, 2.24) is 5.32 Å². The zero-order valence-corrected chi connectivity index (χ0v) is 10.6. The molecule has 0 saturated heterocycles. The van der Waals surface area contributed by atoms with E-state index in [0.717, 1.165) is 23.9 Å². The van der Waals surface area contributed by atoms with Crippen LogP contribution in [0.5, 0.6) is 0 Å². The third kappa shape index (κ3) is 2.30. The molecule has 0 amide bonds. The van der Waals surface area contributed by atoms with Gasteiger partial charge >= 0.3 is 0 Å². The Bertz CT molecular complexity index is 193. The van der Waals surface area contributed by atoms with Crippen LogP contribution in [0.15, 0.2) is 0 Å². The summed E-state index contributed by atoms with van der Waals surface area (Å²) in [7, 11) is 0. The van der Waals surface area contributed by atoms with Gasteiger partial charge in [0.25, 0.3) is 0 Å². The number of hydrogen-bond donors (Lipinski definition) is 1. The average molecular weight is 221 g/mol. The fraction of sp³-hybridized carbons (Fsp3) is 1.00. The summed E-state index contributed by atoms with van der Waals surface area (Å²) in [6.07, 6.45) is 16.4. The Kier molecular flexibility index (Phi) is 3.51. The van der Waals surface area contributed by atoms with Gasteiger partial charge in [0.15, 0.2) is 0 Å². The lowest BCUT2D eigenvalue weighted by atomic mass is 9.83. The van der Waals surface area contributed by atoms with Crippen molar-refractivity contribution in [2.24, 2.45) is 11.8 Å². The van der Waals surface area contributed by atoms with Crippen LogP contribution in [0.1, 0.15) is 70.6 Å². The predicted octanol–water partition coefficient (Wildman–Crippen LogP) is 3.88. The summed E-state index contributed by atoms with van der Waals surface area (Å²) in [6, 6.07) is 1.79. The fourth-order valence-electron chi connectivity index (χ4n) is 4.14. The smallest absolute Gasteiger partial charge is 0.0126 e. The minimum atomic E-state index is 0.895. The lowest BCUT2D eigenvalue weighted by Crippen LogP contribution is -2.48. The Morgan fingerprint density at radius 2 is 1.12 bits per heavy atom. The molecule has 0 aromatic carbocycles. The van der Waals surface area contributed by atoms with Crippen molar-refractivity contribution in [3.05, 3.63) is 0 Å². The molecule has 1 heteroatoms. The molecule has 0 atom stereocenters. The molecule has 0 bridgehead atoms. The highest BCUT2D eigenvalue weighted by Gasteiger charge is 2.35. The van der Waals surface area contributed by atoms with E-state index in [1.807, 2.05) is 0 Å². The average Bonchev–Trinajstić information content (AvgIpc) is 2.87. The molecule has 3 rings (SSSR count). The number of nitrogens with one attached hydrogen (secondary N) is 1. The van der Waals surface area contributed by atoms with E-state index >= 15 is 0 Å². The van der Waals surface area contributed by atoms with Gasteiger partial charge < -0.3 is 5.32 Å². The van der Waals surface area contributed by atoms with Crippen LogP contribution in [0, 0.1) is 11.8 Å². The van der Waals surface area contributed by atoms with E-state index in [0.29, 0.717) is 0 Å². The molecule has 16 heavy (non-hydrogen) atoms. The zero-order chi connectivity index (χ0) is 10.8. The van der Waals surface area contributed by atoms with E-state index in [2.05, 4.69) is 5.32 Å². The summed E-state index contributed by atoms with van der Waals surface area (Å²) in [5.41, 5.74) is 0. The van der Waals surface area contributed by atoms with Crippen LogP contribution >= 0.6 is 0 Å². The summed E-state index contributed by atoms with van der Waals surface area (Å²) < 4.78 is 0. The first-order chi connectivity index (χ1) is 7.93. The van der Waals surface area contributed by atoms with Gasteiger partial charge in [-0.25, -0.2) is 0 Å². The van der Waals surface area contributed by atoms with Crippen molar-refractivity contribution in [2.45, 2.75) is 82.7 Å².